The van der Waals surface area contributed by atoms with Crippen LogP contribution >= 0.6 is 12.2 Å². The Hall–Kier alpha value is -0.350. The van der Waals surface area contributed by atoms with Crippen LogP contribution in [0.3, 0.4) is 0 Å². The summed E-state index contributed by atoms with van der Waals surface area (Å²) < 4.78 is 0. The second-order valence-corrected chi connectivity index (χ2v) is 4.22. The highest BCUT2D eigenvalue weighted by Crippen LogP contribution is 2.08. The lowest BCUT2D eigenvalue weighted by atomic mass is 10.2. The fourth-order valence-corrected chi connectivity index (χ4v) is 1.96. The number of hydrogen-bond donors (Lipinski definition) is 1. The summed E-state index contributed by atoms with van der Waals surface area (Å²) in [6.45, 7) is 8.93. The molecule has 4 heteroatoms. The largest absolute Gasteiger partial charge is 0.366 e. The van der Waals surface area contributed by atoms with Crippen molar-refractivity contribution in [3.8, 4) is 0 Å². The Balaban J connectivity index is 2.34. The molecular weight excluding hydrogens is 194 g/mol. The van der Waals surface area contributed by atoms with Crippen molar-refractivity contribution in [2.24, 2.45) is 0 Å². The van der Waals surface area contributed by atoms with E-state index in [0.29, 0.717) is 6.04 Å². The van der Waals surface area contributed by atoms with Gasteiger partial charge in [0.15, 0.2) is 5.11 Å². The second kappa shape index (κ2) is 5.51. The number of thiocarbonyl (C=S) groups is 1. The molecule has 0 aromatic heterocycles. The van der Waals surface area contributed by atoms with Gasteiger partial charge in [-0.3, -0.25) is 4.90 Å². The van der Waals surface area contributed by atoms with E-state index in [1.54, 1.807) is 0 Å². The van der Waals surface area contributed by atoms with Crippen molar-refractivity contribution in [2.75, 3.05) is 33.2 Å². The molecule has 1 N–H and O–H groups in total. The first kappa shape index (κ1) is 11.7. The van der Waals surface area contributed by atoms with Crippen LogP contribution in [0.15, 0.2) is 0 Å². The Labute approximate surface area is 92.4 Å². The molecule has 1 saturated heterocycles. The number of nitrogens with zero attached hydrogens (tertiary/aromatic N) is 2. The Bertz CT molecular complexity index is 188. The maximum atomic E-state index is 5.20. The smallest absolute Gasteiger partial charge is 0.168 e. The van der Waals surface area contributed by atoms with Crippen molar-refractivity contribution in [1.82, 2.24) is 15.1 Å². The minimum Gasteiger partial charge on any atom is -0.366 e. The predicted octanol–water partition coefficient (Wildman–Crippen LogP) is 0.907. The first-order chi connectivity index (χ1) is 6.69. The van der Waals surface area contributed by atoms with Gasteiger partial charge in [-0.05, 0) is 25.6 Å². The first-order valence-electron chi connectivity index (χ1n) is 5.39. The lowest BCUT2D eigenvalue weighted by Crippen LogP contribution is -2.53. The molecule has 82 valence electrons. The fourth-order valence-electron chi connectivity index (χ4n) is 1.78. The minimum atomic E-state index is 0.709. The zero-order valence-corrected chi connectivity index (χ0v) is 10.2. The summed E-state index contributed by atoms with van der Waals surface area (Å²) in [5.74, 6) is 0. The second-order valence-electron chi connectivity index (χ2n) is 3.84. The normalized spacial score (nSPS) is 20.6. The van der Waals surface area contributed by atoms with Gasteiger partial charge in [-0.25, -0.2) is 0 Å². The van der Waals surface area contributed by atoms with Crippen molar-refractivity contribution in [3.63, 3.8) is 0 Å². The van der Waals surface area contributed by atoms with E-state index in [9.17, 15) is 0 Å². The van der Waals surface area contributed by atoms with Crippen LogP contribution in [0.25, 0.3) is 0 Å². The Kier molecular flexibility index (Phi) is 4.62. The summed E-state index contributed by atoms with van der Waals surface area (Å²) in [6, 6.07) is 0.709. The molecular formula is C10H21N3S. The molecule has 1 rings (SSSR count). The van der Waals surface area contributed by atoms with Crippen molar-refractivity contribution >= 4 is 17.3 Å². The summed E-state index contributed by atoms with van der Waals surface area (Å²) in [4.78, 5) is 4.78. The van der Waals surface area contributed by atoms with Gasteiger partial charge in [0.25, 0.3) is 0 Å². The zero-order valence-electron chi connectivity index (χ0n) is 9.42. The van der Waals surface area contributed by atoms with Crippen molar-refractivity contribution in [3.05, 3.63) is 0 Å². The van der Waals surface area contributed by atoms with Crippen molar-refractivity contribution < 1.29 is 0 Å². The summed E-state index contributed by atoms with van der Waals surface area (Å²) in [5, 5.41) is 3.91. The first-order valence-corrected chi connectivity index (χ1v) is 5.80. The maximum Gasteiger partial charge on any atom is 0.168 e. The molecule has 0 aliphatic carbocycles. The summed E-state index contributed by atoms with van der Waals surface area (Å²) >= 11 is 5.20. The molecule has 1 unspecified atom stereocenters. The van der Waals surface area contributed by atoms with Crippen LogP contribution in [-0.4, -0.2) is 54.2 Å². The van der Waals surface area contributed by atoms with E-state index < -0.39 is 0 Å². The van der Waals surface area contributed by atoms with E-state index in [4.69, 9.17) is 12.2 Å². The summed E-state index contributed by atoms with van der Waals surface area (Å²) in [5.41, 5.74) is 0. The van der Waals surface area contributed by atoms with E-state index in [0.717, 1.165) is 31.3 Å². The fraction of sp³-hybridized carbons (Fsp3) is 0.900. The highest BCUT2D eigenvalue weighted by atomic mass is 32.1. The standard InChI is InChI=1S/C10H21N3S/c1-4-9(2)12-5-7-13(8-6-12)10(14)11-3/h9H,4-8H2,1-3H3,(H,11,14). The zero-order chi connectivity index (χ0) is 10.6. The lowest BCUT2D eigenvalue weighted by Gasteiger charge is -2.38. The van der Waals surface area contributed by atoms with Gasteiger partial charge in [-0.15, -0.1) is 0 Å². The number of rotatable bonds is 2. The highest BCUT2D eigenvalue weighted by Gasteiger charge is 2.20. The Morgan fingerprint density at radius 1 is 1.36 bits per heavy atom. The topological polar surface area (TPSA) is 18.5 Å². The van der Waals surface area contributed by atoms with Crippen molar-refractivity contribution in [1.29, 1.82) is 0 Å². The van der Waals surface area contributed by atoms with Crippen LogP contribution in [0, 0.1) is 0 Å². The third-order valence-corrected chi connectivity index (χ3v) is 3.49. The van der Waals surface area contributed by atoms with Gasteiger partial charge < -0.3 is 10.2 Å². The maximum absolute atomic E-state index is 5.20. The monoisotopic (exact) mass is 215 g/mol. The molecule has 14 heavy (non-hydrogen) atoms. The molecule has 3 nitrogen and oxygen atoms in total. The molecule has 0 saturated carbocycles. The molecule has 0 spiro atoms. The molecule has 0 bridgehead atoms. The van der Waals surface area contributed by atoms with Gasteiger partial charge >= 0.3 is 0 Å². The highest BCUT2D eigenvalue weighted by molar-refractivity contribution is 7.80. The van der Waals surface area contributed by atoms with E-state index in [1.165, 1.54) is 6.42 Å². The van der Waals surface area contributed by atoms with Crippen LogP contribution in [-0.2, 0) is 0 Å². The van der Waals surface area contributed by atoms with E-state index in [-0.39, 0.29) is 0 Å². The lowest BCUT2D eigenvalue weighted by molar-refractivity contribution is 0.137. The molecule has 1 heterocycles. The average Bonchev–Trinajstić information content (AvgIpc) is 2.27. The third kappa shape index (κ3) is 2.82. The molecule has 0 radical (unpaired) electrons. The van der Waals surface area contributed by atoms with Gasteiger partial charge in [-0.1, -0.05) is 6.92 Å². The van der Waals surface area contributed by atoms with Crippen LogP contribution < -0.4 is 5.32 Å². The molecule has 0 aromatic rings. The van der Waals surface area contributed by atoms with Crippen LogP contribution in [0.4, 0.5) is 0 Å². The molecule has 0 aromatic carbocycles. The molecule has 1 atom stereocenters. The number of hydrogen-bond acceptors (Lipinski definition) is 2. The quantitative estimate of drug-likeness (QED) is 0.690. The minimum absolute atomic E-state index is 0.709. The van der Waals surface area contributed by atoms with E-state index in [2.05, 4.69) is 29.0 Å². The average molecular weight is 215 g/mol. The van der Waals surface area contributed by atoms with Crippen LogP contribution in [0.1, 0.15) is 20.3 Å². The van der Waals surface area contributed by atoms with Gasteiger partial charge in [0.1, 0.15) is 0 Å². The number of nitrogens with one attached hydrogen (secondary N) is 1. The summed E-state index contributed by atoms with van der Waals surface area (Å²) in [7, 11) is 1.89. The van der Waals surface area contributed by atoms with Crippen LogP contribution in [0.2, 0.25) is 0 Å². The van der Waals surface area contributed by atoms with E-state index >= 15 is 0 Å². The van der Waals surface area contributed by atoms with Gasteiger partial charge in [0.2, 0.25) is 0 Å². The van der Waals surface area contributed by atoms with Crippen LogP contribution in [0.5, 0.6) is 0 Å². The van der Waals surface area contributed by atoms with E-state index in [1.807, 2.05) is 7.05 Å². The molecule has 1 aliphatic heterocycles. The Morgan fingerprint density at radius 2 is 1.93 bits per heavy atom. The Morgan fingerprint density at radius 3 is 2.36 bits per heavy atom. The van der Waals surface area contributed by atoms with Crippen molar-refractivity contribution in [2.45, 2.75) is 26.3 Å². The van der Waals surface area contributed by atoms with Gasteiger partial charge in [0, 0.05) is 39.3 Å². The SMILES string of the molecule is CCC(C)N1CCN(C(=S)NC)CC1. The predicted molar refractivity (Wildman–Crippen MR) is 64.6 cm³/mol. The summed E-state index contributed by atoms with van der Waals surface area (Å²) in [6.07, 6.45) is 1.23. The third-order valence-electron chi connectivity index (χ3n) is 3.03. The molecule has 1 fully saturated rings. The van der Waals surface area contributed by atoms with Gasteiger partial charge in [0.05, 0.1) is 0 Å². The molecule has 0 amide bonds. The molecule has 1 aliphatic rings. The van der Waals surface area contributed by atoms with Gasteiger partial charge in [-0.2, -0.15) is 0 Å². The number of piperazine rings is 1.